The lowest BCUT2D eigenvalue weighted by molar-refractivity contribution is 0.158. The van der Waals surface area contributed by atoms with Crippen LogP contribution >= 0.6 is 0 Å². The standard InChI is InChI=1S/C14H27N3O2/c1-3-5-13(18)11-15-14(19)16-12-6-9-17(8-4-2)10-7-12/h4,12-13,18H,2-3,5-11H2,1H3,(H2,15,16,19). The lowest BCUT2D eigenvalue weighted by Gasteiger charge is -2.31. The Labute approximate surface area is 116 Å². The second-order valence-corrected chi connectivity index (χ2v) is 5.16. The molecular formula is C14H27N3O2. The van der Waals surface area contributed by atoms with Gasteiger partial charge in [0.2, 0.25) is 0 Å². The molecule has 0 aromatic heterocycles. The van der Waals surface area contributed by atoms with E-state index in [1.807, 2.05) is 13.0 Å². The molecule has 19 heavy (non-hydrogen) atoms. The Balaban J connectivity index is 2.14. The summed E-state index contributed by atoms with van der Waals surface area (Å²) in [6.45, 7) is 8.99. The third-order valence-corrected chi connectivity index (χ3v) is 3.43. The molecule has 1 aliphatic rings. The van der Waals surface area contributed by atoms with Gasteiger partial charge in [0.25, 0.3) is 0 Å². The molecule has 0 bridgehead atoms. The number of piperidine rings is 1. The summed E-state index contributed by atoms with van der Waals surface area (Å²) in [6, 6.07) is 0.0710. The minimum atomic E-state index is -0.440. The number of rotatable bonds is 7. The summed E-state index contributed by atoms with van der Waals surface area (Å²) in [5.41, 5.74) is 0. The highest BCUT2D eigenvalue weighted by molar-refractivity contribution is 5.74. The third kappa shape index (κ3) is 6.59. The minimum absolute atomic E-state index is 0.169. The van der Waals surface area contributed by atoms with Crippen molar-refractivity contribution in [1.29, 1.82) is 0 Å². The van der Waals surface area contributed by atoms with Crippen molar-refractivity contribution in [3.63, 3.8) is 0 Å². The van der Waals surface area contributed by atoms with E-state index >= 15 is 0 Å². The van der Waals surface area contributed by atoms with E-state index in [1.54, 1.807) is 0 Å². The molecule has 110 valence electrons. The molecule has 1 fully saturated rings. The zero-order valence-electron chi connectivity index (χ0n) is 11.9. The first kappa shape index (κ1) is 16.0. The Bertz CT molecular complexity index is 276. The summed E-state index contributed by atoms with van der Waals surface area (Å²) < 4.78 is 0. The molecule has 3 N–H and O–H groups in total. The zero-order chi connectivity index (χ0) is 14.1. The van der Waals surface area contributed by atoms with Gasteiger partial charge in [-0.05, 0) is 19.3 Å². The summed E-state index contributed by atoms with van der Waals surface area (Å²) in [5.74, 6) is 0. The third-order valence-electron chi connectivity index (χ3n) is 3.43. The Kier molecular flexibility index (Phi) is 7.52. The monoisotopic (exact) mass is 269 g/mol. The van der Waals surface area contributed by atoms with E-state index in [-0.39, 0.29) is 12.1 Å². The first-order valence-electron chi connectivity index (χ1n) is 7.21. The molecule has 1 atom stereocenters. The van der Waals surface area contributed by atoms with Crippen LogP contribution in [0.25, 0.3) is 0 Å². The Morgan fingerprint density at radius 1 is 1.53 bits per heavy atom. The maximum atomic E-state index is 11.7. The van der Waals surface area contributed by atoms with Crippen molar-refractivity contribution >= 4 is 6.03 Å². The van der Waals surface area contributed by atoms with Crippen molar-refractivity contribution < 1.29 is 9.90 Å². The van der Waals surface area contributed by atoms with E-state index in [0.717, 1.165) is 45.3 Å². The number of aliphatic hydroxyl groups excluding tert-OH is 1. The van der Waals surface area contributed by atoms with E-state index in [2.05, 4.69) is 22.1 Å². The fourth-order valence-corrected chi connectivity index (χ4v) is 2.32. The SMILES string of the molecule is C=CCN1CCC(NC(=O)NCC(O)CCC)CC1. The highest BCUT2D eigenvalue weighted by Crippen LogP contribution is 2.09. The number of carbonyl (C=O) groups excluding carboxylic acids is 1. The highest BCUT2D eigenvalue weighted by Gasteiger charge is 2.19. The fourth-order valence-electron chi connectivity index (χ4n) is 2.32. The summed E-state index contributed by atoms with van der Waals surface area (Å²) in [6.07, 6.45) is 5.06. The molecule has 5 nitrogen and oxygen atoms in total. The predicted molar refractivity (Wildman–Crippen MR) is 77.1 cm³/mol. The van der Waals surface area contributed by atoms with E-state index < -0.39 is 6.10 Å². The van der Waals surface area contributed by atoms with Crippen LogP contribution in [0.5, 0.6) is 0 Å². The minimum Gasteiger partial charge on any atom is -0.391 e. The van der Waals surface area contributed by atoms with Crippen LogP contribution in [0.1, 0.15) is 32.6 Å². The van der Waals surface area contributed by atoms with Gasteiger partial charge in [0.15, 0.2) is 0 Å². The normalized spacial score (nSPS) is 18.8. The van der Waals surface area contributed by atoms with Gasteiger partial charge in [-0.25, -0.2) is 4.79 Å². The number of urea groups is 1. The number of amides is 2. The van der Waals surface area contributed by atoms with Crippen molar-refractivity contribution in [2.24, 2.45) is 0 Å². The smallest absolute Gasteiger partial charge is 0.315 e. The van der Waals surface area contributed by atoms with Gasteiger partial charge >= 0.3 is 6.03 Å². The molecular weight excluding hydrogens is 242 g/mol. The molecule has 1 saturated heterocycles. The van der Waals surface area contributed by atoms with Crippen LogP contribution in [0, 0.1) is 0 Å². The maximum Gasteiger partial charge on any atom is 0.315 e. The van der Waals surface area contributed by atoms with Gasteiger partial charge in [0.05, 0.1) is 6.10 Å². The van der Waals surface area contributed by atoms with Crippen LogP contribution in [0.2, 0.25) is 0 Å². The molecule has 1 heterocycles. The highest BCUT2D eigenvalue weighted by atomic mass is 16.3. The first-order valence-corrected chi connectivity index (χ1v) is 7.21. The first-order chi connectivity index (χ1) is 9.15. The van der Waals surface area contributed by atoms with Crippen molar-refractivity contribution in [3.05, 3.63) is 12.7 Å². The molecule has 0 saturated carbocycles. The number of likely N-dealkylation sites (tertiary alicyclic amines) is 1. The van der Waals surface area contributed by atoms with E-state index in [9.17, 15) is 9.90 Å². The van der Waals surface area contributed by atoms with Crippen molar-refractivity contribution in [1.82, 2.24) is 15.5 Å². The molecule has 2 amide bonds. The molecule has 0 aromatic rings. The van der Waals surface area contributed by atoms with Crippen molar-refractivity contribution in [3.8, 4) is 0 Å². The second kappa shape index (κ2) is 8.93. The number of hydrogen-bond donors (Lipinski definition) is 3. The molecule has 1 rings (SSSR count). The summed E-state index contributed by atoms with van der Waals surface area (Å²) >= 11 is 0. The summed E-state index contributed by atoms with van der Waals surface area (Å²) in [4.78, 5) is 14.0. The van der Waals surface area contributed by atoms with E-state index in [0.29, 0.717) is 6.54 Å². The van der Waals surface area contributed by atoms with Gasteiger partial charge in [-0.1, -0.05) is 19.4 Å². The summed E-state index contributed by atoms with van der Waals surface area (Å²) in [5, 5.41) is 15.2. The average Bonchev–Trinajstić information content (AvgIpc) is 2.39. The van der Waals surface area contributed by atoms with Crippen LogP contribution in [-0.2, 0) is 0 Å². The molecule has 1 unspecified atom stereocenters. The van der Waals surface area contributed by atoms with Crippen LogP contribution in [-0.4, -0.2) is 54.4 Å². The molecule has 0 spiro atoms. The number of aliphatic hydroxyl groups is 1. The second-order valence-electron chi connectivity index (χ2n) is 5.16. The zero-order valence-corrected chi connectivity index (χ0v) is 11.9. The quantitative estimate of drug-likeness (QED) is 0.606. The van der Waals surface area contributed by atoms with Gasteiger partial charge < -0.3 is 15.7 Å². The largest absolute Gasteiger partial charge is 0.391 e. The topological polar surface area (TPSA) is 64.6 Å². The fraction of sp³-hybridized carbons (Fsp3) is 0.786. The van der Waals surface area contributed by atoms with Gasteiger partial charge in [0.1, 0.15) is 0 Å². The van der Waals surface area contributed by atoms with Crippen LogP contribution < -0.4 is 10.6 Å². The van der Waals surface area contributed by atoms with Gasteiger partial charge in [-0.2, -0.15) is 0 Å². The molecule has 1 aliphatic heterocycles. The molecule has 0 radical (unpaired) electrons. The van der Waals surface area contributed by atoms with Crippen LogP contribution in [0.15, 0.2) is 12.7 Å². The Hall–Kier alpha value is -1.07. The molecule has 5 heteroatoms. The van der Waals surface area contributed by atoms with E-state index in [1.165, 1.54) is 0 Å². The predicted octanol–water partition coefficient (Wildman–Crippen LogP) is 1.10. The maximum absolute atomic E-state index is 11.7. The van der Waals surface area contributed by atoms with E-state index in [4.69, 9.17) is 0 Å². The number of hydrogen-bond acceptors (Lipinski definition) is 3. The van der Waals surface area contributed by atoms with Crippen molar-refractivity contribution in [2.45, 2.75) is 44.8 Å². The summed E-state index contributed by atoms with van der Waals surface area (Å²) in [7, 11) is 0. The van der Waals surface area contributed by atoms with Gasteiger partial charge in [0, 0.05) is 32.2 Å². The number of nitrogens with one attached hydrogen (secondary N) is 2. The van der Waals surface area contributed by atoms with Crippen LogP contribution in [0.3, 0.4) is 0 Å². The Morgan fingerprint density at radius 3 is 2.79 bits per heavy atom. The van der Waals surface area contributed by atoms with Gasteiger partial charge in [-0.3, -0.25) is 4.90 Å². The van der Waals surface area contributed by atoms with Crippen molar-refractivity contribution in [2.75, 3.05) is 26.2 Å². The van der Waals surface area contributed by atoms with Gasteiger partial charge in [-0.15, -0.1) is 6.58 Å². The lowest BCUT2D eigenvalue weighted by Crippen LogP contribution is -2.49. The van der Waals surface area contributed by atoms with Crippen LogP contribution in [0.4, 0.5) is 4.79 Å². The lowest BCUT2D eigenvalue weighted by atomic mass is 10.1. The Morgan fingerprint density at radius 2 is 2.21 bits per heavy atom. The molecule has 0 aromatic carbocycles. The average molecular weight is 269 g/mol. The number of carbonyl (C=O) groups is 1. The molecule has 0 aliphatic carbocycles. The number of nitrogens with zero attached hydrogens (tertiary/aromatic N) is 1.